The molecule has 2 heterocycles. The molecule has 0 atom stereocenters. The summed E-state index contributed by atoms with van der Waals surface area (Å²) in [6, 6.07) is 91.0. The molecule has 0 saturated heterocycles. The van der Waals surface area contributed by atoms with E-state index in [0.717, 1.165) is 21.1 Å². The highest BCUT2D eigenvalue weighted by atomic mass is 28.3. The van der Waals surface area contributed by atoms with Crippen molar-refractivity contribution >= 4 is 92.9 Å². The Morgan fingerprint density at radius 3 is 0.923 bits per heavy atom. The van der Waals surface area contributed by atoms with Crippen LogP contribution in [0.25, 0.3) is 4.85 Å². The molecule has 308 valence electrons. The van der Waals surface area contributed by atoms with Crippen LogP contribution in [-0.2, 0) is 0 Å². The normalized spacial score (nSPS) is 11.7. The van der Waals surface area contributed by atoms with E-state index in [4.69, 9.17) is 15.4 Å². The number of furan rings is 2. The first-order valence-corrected chi connectivity index (χ1v) is 27.7. The summed E-state index contributed by atoms with van der Waals surface area (Å²) in [5, 5.41) is 22.7. The van der Waals surface area contributed by atoms with Crippen LogP contribution in [0.4, 0.5) is 5.69 Å². The van der Waals surface area contributed by atoms with Gasteiger partial charge in [-0.2, -0.15) is 5.26 Å². The van der Waals surface area contributed by atoms with Gasteiger partial charge in [0.05, 0.1) is 29.0 Å². The number of nitrogens with zero attached hydrogens (tertiary/aromatic N) is 2. The van der Waals surface area contributed by atoms with Crippen molar-refractivity contribution in [3.05, 3.63) is 272 Å². The third-order valence-electron chi connectivity index (χ3n) is 12.8. The van der Waals surface area contributed by atoms with Crippen LogP contribution in [-0.4, -0.2) is 24.2 Å². The van der Waals surface area contributed by atoms with E-state index in [1.165, 1.54) is 31.1 Å². The topological polar surface area (TPSA) is 54.4 Å². The summed E-state index contributed by atoms with van der Waals surface area (Å²) < 4.78 is 15.5. The Bertz CT molecular complexity index is 2870. The van der Waals surface area contributed by atoms with Gasteiger partial charge in [-0.1, -0.05) is 224 Å². The Morgan fingerprint density at radius 1 is 0.323 bits per heavy atom. The largest absolute Gasteiger partial charge is 0.474 e. The Hall–Kier alpha value is -8.05. The quantitative estimate of drug-likeness (QED) is 0.0937. The molecule has 0 N–H and O–H groups in total. The second-order valence-corrected chi connectivity index (χ2v) is 27.1. The van der Waals surface area contributed by atoms with Crippen LogP contribution < -0.4 is 63.0 Å². The lowest BCUT2D eigenvalue weighted by Crippen LogP contribution is -2.77. The van der Waals surface area contributed by atoms with E-state index in [-0.39, 0.29) is 0 Å². The number of hydrogen-bond donors (Lipinski definition) is 0. The average Bonchev–Trinajstić information content (AvgIpc) is 4.10. The van der Waals surface area contributed by atoms with Gasteiger partial charge in [0.25, 0.3) is 8.07 Å². The lowest BCUT2D eigenvalue weighted by atomic mass is 10.2. The minimum Gasteiger partial charge on any atom is -0.474 e. The molecule has 7 heteroatoms. The molecule has 0 radical (unpaired) electrons. The summed E-state index contributed by atoms with van der Waals surface area (Å²) in [5.41, 5.74) is 0.989. The maximum atomic E-state index is 11.1. The van der Waals surface area contributed by atoms with Crippen LogP contribution in [0.3, 0.4) is 0 Å². The van der Waals surface area contributed by atoms with Gasteiger partial charge in [0, 0.05) is 0 Å². The number of rotatable bonds is 12. The van der Waals surface area contributed by atoms with E-state index < -0.39 is 24.2 Å². The summed E-state index contributed by atoms with van der Waals surface area (Å²) in [7, 11) is -10.2. The first kappa shape index (κ1) is 41.0. The highest BCUT2D eigenvalue weighted by molar-refractivity contribution is 7.22. The van der Waals surface area contributed by atoms with Crippen molar-refractivity contribution in [1.29, 1.82) is 5.26 Å². The van der Waals surface area contributed by atoms with E-state index in [1.807, 2.05) is 48.5 Å². The molecular formula is C58H42N2O2Si3. The maximum Gasteiger partial charge on any atom is 0.257 e. The molecule has 4 nitrogen and oxygen atoms in total. The Kier molecular flexibility index (Phi) is 11.1. The molecule has 0 aliphatic rings. The van der Waals surface area contributed by atoms with E-state index in [2.05, 4.69) is 217 Å². The highest BCUT2D eigenvalue weighted by Gasteiger charge is 2.54. The Labute approximate surface area is 382 Å². The molecule has 8 aromatic carbocycles. The molecule has 0 saturated carbocycles. The fourth-order valence-electron chi connectivity index (χ4n) is 10.1. The fourth-order valence-corrected chi connectivity index (χ4v) is 23.9. The number of para-hydroxylation sites is 1. The Morgan fingerprint density at radius 2 is 0.600 bits per heavy atom. The SMILES string of the molecule is [C-]#[N+]c1ccccc1[Si](c1ccc([Si](c2ccccc2)(c2ccccc2)c2ccccc2)o1)(c1ccc([Si](c2ccccc2)(c2ccccc2)c2ccccc2)o1)c1ccccc1C#N. The van der Waals surface area contributed by atoms with Gasteiger partial charge in [-0.25, -0.2) is 4.85 Å². The van der Waals surface area contributed by atoms with Gasteiger partial charge >= 0.3 is 0 Å². The molecule has 0 bridgehead atoms. The van der Waals surface area contributed by atoms with Crippen LogP contribution in [0.2, 0.25) is 0 Å². The molecular weight excluding hydrogens is 841 g/mol. The van der Waals surface area contributed by atoms with Crippen molar-refractivity contribution in [1.82, 2.24) is 0 Å². The van der Waals surface area contributed by atoms with Gasteiger partial charge in [0.1, 0.15) is 10.8 Å². The standard InChI is InChI=1S/C58H42N2O2Si3/c1-60-52-37-21-23-39-54(52)65(53-38-22-20-24-45(53)44-59,57-42-40-55(61-57)63(46-25-8-2-9-26-46,47-27-10-3-11-28-47)48-29-12-4-13-30-48)58-43-41-56(62-58)64(49-31-14-5-15-32-49,50-33-16-6-17-34-50)51-35-18-7-19-36-51/h2-43H. The van der Waals surface area contributed by atoms with E-state index >= 15 is 0 Å². The molecule has 2 aromatic heterocycles. The summed E-state index contributed by atoms with van der Waals surface area (Å²) in [6.07, 6.45) is 0. The van der Waals surface area contributed by atoms with Crippen LogP contribution in [0.1, 0.15) is 5.56 Å². The van der Waals surface area contributed by atoms with Crippen LogP contribution in [0.15, 0.2) is 264 Å². The molecule has 0 spiro atoms. The zero-order valence-corrected chi connectivity index (χ0v) is 38.5. The van der Waals surface area contributed by atoms with E-state index in [1.54, 1.807) is 0 Å². The predicted molar refractivity (Wildman–Crippen MR) is 273 cm³/mol. The van der Waals surface area contributed by atoms with Crippen molar-refractivity contribution in [3.63, 3.8) is 0 Å². The molecule has 10 aromatic rings. The van der Waals surface area contributed by atoms with E-state index in [0.29, 0.717) is 22.0 Å². The summed E-state index contributed by atoms with van der Waals surface area (Å²) in [4.78, 5) is 4.20. The summed E-state index contributed by atoms with van der Waals surface area (Å²) in [5.74, 6) is 0. The highest BCUT2D eigenvalue weighted by Crippen LogP contribution is 2.21. The lowest BCUT2D eigenvalue weighted by molar-refractivity contribution is 0.619. The second kappa shape index (κ2) is 17.6. The first-order chi connectivity index (χ1) is 32.2. The third-order valence-corrected chi connectivity index (χ3v) is 26.5. The minimum absolute atomic E-state index is 0.484. The van der Waals surface area contributed by atoms with Crippen molar-refractivity contribution in [2.24, 2.45) is 0 Å². The zero-order chi connectivity index (χ0) is 44.1. The Balaban J connectivity index is 1.34. The van der Waals surface area contributed by atoms with Gasteiger partial charge < -0.3 is 8.83 Å². The van der Waals surface area contributed by atoms with Crippen molar-refractivity contribution in [2.45, 2.75) is 0 Å². The molecule has 0 aliphatic heterocycles. The molecule has 65 heavy (non-hydrogen) atoms. The third kappa shape index (κ3) is 6.70. The maximum absolute atomic E-state index is 11.1. The predicted octanol–water partition coefficient (Wildman–Crippen LogP) is 5.43. The molecule has 0 aliphatic carbocycles. The van der Waals surface area contributed by atoms with Gasteiger partial charge in [-0.05, 0) is 71.8 Å². The van der Waals surface area contributed by atoms with Gasteiger partial charge in [-0.15, -0.1) is 0 Å². The number of nitriles is 1. The first-order valence-electron chi connectivity index (χ1n) is 21.7. The van der Waals surface area contributed by atoms with Crippen molar-refractivity contribution < 1.29 is 8.83 Å². The zero-order valence-electron chi connectivity index (χ0n) is 35.5. The van der Waals surface area contributed by atoms with Gasteiger partial charge in [-0.3, -0.25) is 0 Å². The number of benzene rings is 8. The lowest BCUT2D eigenvalue weighted by Gasteiger charge is -2.34. The van der Waals surface area contributed by atoms with Crippen LogP contribution in [0, 0.1) is 17.9 Å². The van der Waals surface area contributed by atoms with Crippen molar-refractivity contribution in [3.8, 4) is 6.07 Å². The summed E-state index contributed by atoms with van der Waals surface area (Å²) in [6.45, 7) is 8.67. The van der Waals surface area contributed by atoms with Gasteiger partial charge in [0.2, 0.25) is 16.1 Å². The van der Waals surface area contributed by atoms with E-state index in [9.17, 15) is 5.26 Å². The smallest absolute Gasteiger partial charge is 0.257 e. The molecule has 0 amide bonds. The minimum atomic E-state index is -3.88. The average molecular weight is 883 g/mol. The molecule has 0 unspecified atom stereocenters. The van der Waals surface area contributed by atoms with Crippen LogP contribution >= 0.6 is 0 Å². The molecule has 10 rings (SSSR count). The monoisotopic (exact) mass is 882 g/mol. The molecule has 0 fully saturated rings. The second-order valence-electron chi connectivity index (χ2n) is 16.1. The van der Waals surface area contributed by atoms with Gasteiger partial charge in [0.15, 0.2) is 5.69 Å². The summed E-state index contributed by atoms with van der Waals surface area (Å²) >= 11 is 0. The van der Waals surface area contributed by atoms with Crippen molar-refractivity contribution in [2.75, 3.05) is 0 Å². The van der Waals surface area contributed by atoms with Crippen LogP contribution in [0.5, 0.6) is 0 Å². The fraction of sp³-hybridized carbons (Fsp3) is 0. The number of hydrogen-bond acceptors (Lipinski definition) is 3.